The first-order valence-electron chi connectivity index (χ1n) is 10.4. The maximum Gasteiger partial charge on any atom is 0.230 e. The Morgan fingerprint density at radius 1 is 1.13 bits per heavy atom. The molecule has 3 aromatic rings. The Balaban J connectivity index is 1.41. The lowest BCUT2D eigenvalue weighted by molar-refractivity contribution is 0.122. The average molecular weight is 403 g/mol. The number of nitrogens with one attached hydrogen (secondary N) is 2. The Labute approximate surface area is 175 Å². The molecule has 1 saturated heterocycles. The van der Waals surface area contributed by atoms with Crippen LogP contribution < -0.4 is 10.2 Å². The molecule has 1 aliphatic carbocycles. The molecule has 8 nitrogen and oxygen atoms in total. The van der Waals surface area contributed by atoms with Crippen molar-refractivity contribution in [1.29, 1.82) is 0 Å². The highest BCUT2D eigenvalue weighted by atomic mass is 16.5. The maximum atomic E-state index is 5.50. The molecule has 2 N–H and O–H groups in total. The van der Waals surface area contributed by atoms with E-state index in [9.17, 15) is 0 Å². The summed E-state index contributed by atoms with van der Waals surface area (Å²) in [5, 5.41) is 3.38. The summed E-state index contributed by atoms with van der Waals surface area (Å²) in [4.78, 5) is 24.2. The Morgan fingerprint density at radius 3 is 2.93 bits per heavy atom. The average Bonchev–Trinajstić information content (AvgIpc) is 3.29. The molecule has 1 aliphatic heterocycles. The van der Waals surface area contributed by atoms with Crippen LogP contribution in [0.3, 0.4) is 0 Å². The molecule has 0 radical (unpaired) electrons. The van der Waals surface area contributed by atoms with E-state index in [0.717, 1.165) is 49.1 Å². The Kier molecular flexibility index (Phi) is 5.39. The van der Waals surface area contributed by atoms with Gasteiger partial charge in [0.2, 0.25) is 11.9 Å². The minimum Gasteiger partial charge on any atom is -0.378 e. The highest BCUT2D eigenvalue weighted by molar-refractivity contribution is 5.56. The molecule has 8 heteroatoms. The van der Waals surface area contributed by atoms with Crippen molar-refractivity contribution in [3.8, 4) is 0 Å². The van der Waals surface area contributed by atoms with Gasteiger partial charge in [0.25, 0.3) is 0 Å². The molecule has 0 bridgehead atoms. The van der Waals surface area contributed by atoms with E-state index < -0.39 is 0 Å². The molecule has 154 valence electrons. The smallest absolute Gasteiger partial charge is 0.230 e. The first kappa shape index (κ1) is 18.7. The summed E-state index contributed by atoms with van der Waals surface area (Å²) in [6.45, 7) is 3.67. The maximum absolute atomic E-state index is 5.50. The second-order valence-electron chi connectivity index (χ2n) is 7.45. The van der Waals surface area contributed by atoms with E-state index in [1.54, 1.807) is 0 Å². The first-order chi connectivity index (χ1) is 14.9. The van der Waals surface area contributed by atoms with Crippen LogP contribution in [0.1, 0.15) is 35.1 Å². The van der Waals surface area contributed by atoms with Crippen LogP contribution in [-0.2, 0) is 11.2 Å². The van der Waals surface area contributed by atoms with Gasteiger partial charge in [0.15, 0.2) is 0 Å². The molecule has 4 heterocycles. The molecule has 30 heavy (non-hydrogen) atoms. The predicted molar refractivity (Wildman–Crippen MR) is 116 cm³/mol. The zero-order chi connectivity index (χ0) is 20.2. The third-order valence-electron chi connectivity index (χ3n) is 5.48. The van der Waals surface area contributed by atoms with Gasteiger partial charge in [-0.15, -0.1) is 0 Å². The number of nitrogens with zero attached hydrogens (tertiary/aromatic N) is 5. The number of hydrogen-bond acceptors (Lipinski definition) is 7. The fourth-order valence-electron chi connectivity index (χ4n) is 3.90. The second-order valence-corrected chi connectivity index (χ2v) is 7.45. The molecule has 1 unspecified atom stereocenters. The lowest BCUT2D eigenvalue weighted by Gasteiger charge is -2.28. The van der Waals surface area contributed by atoms with Gasteiger partial charge in [0.1, 0.15) is 5.82 Å². The highest BCUT2D eigenvalue weighted by Crippen LogP contribution is 2.33. The van der Waals surface area contributed by atoms with Gasteiger partial charge in [-0.3, -0.25) is 4.98 Å². The number of rotatable bonds is 6. The van der Waals surface area contributed by atoms with Crippen molar-refractivity contribution >= 4 is 18.0 Å². The third kappa shape index (κ3) is 4.04. The third-order valence-corrected chi connectivity index (χ3v) is 5.48. The van der Waals surface area contributed by atoms with Crippen LogP contribution in [0.4, 0.5) is 11.9 Å². The summed E-state index contributed by atoms with van der Waals surface area (Å²) in [7, 11) is 0. The fourth-order valence-corrected chi connectivity index (χ4v) is 3.90. The van der Waals surface area contributed by atoms with Crippen molar-refractivity contribution in [3.05, 3.63) is 65.5 Å². The van der Waals surface area contributed by atoms with Crippen LogP contribution in [0.25, 0.3) is 6.08 Å². The zero-order valence-electron chi connectivity index (χ0n) is 16.8. The number of aromatic amines is 1. The Morgan fingerprint density at radius 2 is 2.07 bits per heavy atom. The molecular formula is C22H25N7O. The summed E-state index contributed by atoms with van der Waals surface area (Å²) in [6.07, 6.45) is 9.78. The van der Waals surface area contributed by atoms with Crippen molar-refractivity contribution in [2.24, 2.45) is 0 Å². The van der Waals surface area contributed by atoms with Gasteiger partial charge in [0, 0.05) is 55.8 Å². The summed E-state index contributed by atoms with van der Waals surface area (Å²) in [6, 6.07) is 8.08. The number of pyridine rings is 1. The number of H-pyrrole nitrogens is 1. The Hall–Kier alpha value is -3.26. The molecule has 1 atom stereocenters. The molecule has 5 rings (SSSR count). The summed E-state index contributed by atoms with van der Waals surface area (Å²) in [5.41, 5.74) is 3.40. The molecule has 2 aliphatic rings. The van der Waals surface area contributed by atoms with E-state index in [2.05, 4.69) is 38.4 Å². The normalized spacial score (nSPS) is 18.3. The molecule has 0 amide bonds. The van der Waals surface area contributed by atoms with Crippen LogP contribution in [0, 0.1) is 0 Å². The van der Waals surface area contributed by atoms with Crippen molar-refractivity contribution in [2.45, 2.75) is 18.8 Å². The van der Waals surface area contributed by atoms with Gasteiger partial charge in [-0.05, 0) is 36.3 Å². The quantitative estimate of drug-likeness (QED) is 0.654. The van der Waals surface area contributed by atoms with Gasteiger partial charge >= 0.3 is 0 Å². The van der Waals surface area contributed by atoms with Crippen LogP contribution in [-0.4, -0.2) is 57.8 Å². The summed E-state index contributed by atoms with van der Waals surface area (Å²) in [5.74, 6) is 2.26. The predicted octanol–water partition coefficient (Wildman–Crippen LogP) is 2.63. The number of ether oxygens (including phenoxy) is 1. The number of aromatic nitrogens is 5. The van der Waals surface area contributed by atoms with Gasteiger partial charge in [0.05, 0.1) is 13.2 Å². The number of morpholine rings is 1. The van der Waals surface area contributed by atoms with Crippen molar-refractivity contribution < 1.29 is 4.74 Å². The van der Waals surface area contributed by atoms with Crippen molar-refractivity contribution in [3.63, 3.8) is 0 Å². The molecular weight excluding hydrogens is 378 g/mol. The second kappa shape index (κ2) is 8.62. The standard InChI is InChI=1S/C22H25N7O/c1-2-9-23-16(4-1)7-10-25-21-26-20(18-5-3-6-19-17(18)8-11-24-19)27-22(28-21)29-12-14-30-15-13-29/h1-4,6,8-9,11,18,24H,5,7,10,12-15H2,(H,25,26,27,28). The van der Waals surface area contributed by atoms with E-state index in [-0.39, 0.29) is 5.92 Å². The summed E-state index contributed by atoms with van der Waals surface area (Å²) >= 11 is 0. The van der Waals surface area contributed by atoms with E-state index >= 15 is 0 Å². The van der Waals surface area contributed by atoms with Crippen LogP contribution in [0.5, 0.6) is 0 Å². The van der Waals surface area contributed by atoms with Gasteiger partial charge in [-0.2, -0.15) is 15.0 Å². The lowest BCUT2D eigenvalue weighted by Crippen LogP contribution is -2.37. The largest absolute Gasteiger partial charge is 0.378 e. The number of fused-ring (bicyclic) bond motifs is 1. The number of hydrogen-bond donors (Lipinski definition) is 2. The molecule has 0 aromatic carbocycles. The molecule has 1 fully saturated rings. The zero-order valence-corrected chi connectivity index (χ0v) is 16.8. The van der Waals surface area contributed by atoms with E-state index in [4.69, 9.17) is 19.7 Å². The first-order valence-corrected chi connectivity index (χ1v) is 10.4. The van der Waals surface area contributed by atoms with Crippen LogP contribution in [0.2, 0.25) is 0 Å². The van der Waals surface area contributed by atoms with Crippen molar-refractivity contribution in [2.75, 3.05) is 43.1 Å². The topological polar surface area (TPSA) is 91.9 Å². The van der Waals surface area contributed by atoms with Gasteiger partial charge in [-0.1, -0.05) is 12.1 Å². The van der Waals surface area contributed by atoms with E-state index in [0.29, 0.717) is 25.7 Å². The van der Waals surface area contributed by atoms with Gasteiger partial charge in [-0.25, -0.2) is 0 Å². The van der Waals surface area contributed by atoms with E-state index in [1.807, 2.05) is 30.6 Å². The number of allylic oxidation sites excluding steroid dienone is 1. The molecule has 3 aromatic heterocycles. The van der Waals surface area contributed by atoms with Crippen LogP contribution in [0.15, 0.2) is 42.7 Å². The lowest BCUT2D eigenvalue weighted by atomic mass is 9.91. The highest BCUT2D eigenvalue weighted by Gasteiger charge is 2.25. The number of anilines is 2. The van der Waals surface area contributed by atoms with Crippen LogP contribution >= 0.6 is 0 Å². The monoisotopic (exact) mass is 403 g/mol. The minimum atomic E-state index is 0.121. The minimum absolute atomic E-state index is 0.121. The van der Waals surface area contributed by atoms with Gasteiger partial charge < -0.3 is 19.9 Å². The van der Waals surface area contributed by atoms with Crippen molar-refractivity contribution in [1.82, 2.24) is 24.9 Å². The molecule has 0 saturated carbocycles. The fraction of sp³-hybridized carbons (Fsp3) is 0.364. The molecule has 0 spiro atoms. The Bertz CT molecular complexity index is 1010. The van der Waals surface area contributed by atoms with E-state index in [1.165, 1.54) is 5.56 Å². The summed E-state index contributed by atoms with van der Waals surface area (Å²) < 4.78 is 5.50. The SMILES string of the molecule is C1=Cc2[nH]ccc2C(c2nc(NCCc3ccccn3)nc(N3CCOCC3)n2)C1.